The SMILES string of the molecule is C[C@H](NC(=O)[C@@H]1C[C@@H](O)CN1C(=O)C(NC(=O)COCCOCCN1CCC(c2ccc(Oc3c(-c4ccc(F)cc4)sc4cc(O)ccc34)cc2)CC1)C(C)(C)C)c1ccc(Cl)cc1. The molecule has 1 unspecified atom stereocenters. The molecule has 3 heterocycles. The lowest BCUT2D eigenvalue weighted by Crippen LogP contribution is -2.58. The highest BCUT2D eigenvalue weighted by Crippen LogP contribution is 2.47. The van der Waals surface area contributed by atoms with Crippen molar-refractivity contribution in [1.29, 1.82) is 0 Å². The van der Waals surface area contributed by atoms with Crippen molar-refractivity contribution in [2.75, 3.05) is 52.6 Å². The van der Waals surface area contributed by atoms with E-state index in [1.165, 1.54) is 33.9 Å². The standard InChI is InChI=1S/C50H58ClFN4O8S/c1-31(32-5-11-36(51)12-6-32)53-48(60)42-27-39(58)29-56(42)49(61)47(50(2,3)4)54-44(59)30-63-26-25-62-24-23-55-21-19-34(20-22-55)33-9-16-40(17-10-33)64-45-41-18-15-38(57)28-43(41)65-46(45)35-7-13-37(52)14-8-35/h5-18,28,31,34,39,42,47,57-58H,19-27,29-30H2,1-4H3,(H,53,60)(H,54,59)/t31-,39+,42-,47?/m0/s1. The third-order valence-electron chi connectivity index (χ3n) is 12.1. The van der Waals surface area contributed by atoms with Gasteiger partial charge >= 0.3 is 0 Å². The first-order valence-electron chi connectivity index (χ1n) is 22.1. The molecule has 0 saturated carbocycles. The number of aromatic hydroxyl groups is 1. The number of phenols is 1. The van der Waals surface area contributed by atoms with E-state index in [2.05, 4.69) is 27.7 Å². The molecular formula is C50H58ClFN4O8S. The molecule has 0 spiro atoms. The van der Waals surface area contributed by atoms with Crippen LogP contribution in [0.4, 0.5) is 4.39 Å². The maximum Gasteiger partial charge on any atom is 0.246 e. The number of benzene rings is 4. The second kappa shape index (κ2) is 21.5. The van der Waals surface area contributed by atoms with Crippen molar-refractivity contribution in [3.05, 3.63) is 113 Å². The quantitative estimate of drug-likeness (QED) is 0.0675. The van der Waals surface area contributed by atoms with E-state index < -0.39 is 35.4 Å². The van der Waals surface area contributed by atoms with Crippen molar-refractivity contribution in [1.82, 2.24) is 20.4 Å². The fourth-order valence-corrected chi connectivity index (χ4v) is 9.71. The molecule has 15 heteroatoms. The van der Waals surface area contributed by atoms with Gasteiger partial charge in [-0.25, -0.2) is 4.39 Å². The van der Waals surface area contributed by atoms with Gasteiger partial charge in [0.15, 0.2) is 5.75 Å². The summed E-state index contributed by atoms with van der Waals surface area (Å²) >= 11 is 7.51. The van der Waals surface area contributed by atoms with Gasteiger partial charge in [0.2, 0.25) is 17.7 Å². The van der Waals surface area contributed by atoms with E-state index in [9.17, 15) is 29.0 Å². The van der Waals surface area contributed by atoms with Gasteiger partial charge in [0.05, 0.1) is 36.8 Å². The van der Waals surface area contributed by atoms with Gasteiger partial charge in [0, 0.05) is 34.6 Å². The lowest BCUT2D eigenvalue weighted by molar-refractivity contribution is -0.144. The minimum atomic E-state index is -0.958. The number of carbonyl (C=O) groups is 3. The number of thiophene rings is 1. The number of fused-ring (bicyclic) bond motifs is 1. The van der Waals surface area contributed by atoms with Crippen LogP contribution in [0.2, 0.25) is 5.02 Å². The smallest absolute Gasteiger partial charge is 0.246 e. The average molecular weight is 930 g/mol. The first kappa shape index (κ1) is 47.9. The summed E-state index contributed by atoms with van der Waals surface area (Å²) in [5, 5.41) is 27.8. The van der Waals surface area contributed by atoms with Gasteiger partial charge < -0.3 is 44.9 Å². The van der Waals surface area contributed by atoms with E-state index in [0.29, 0.717) is 35.7 Å². The number of halogens is 2. The Morgan fingerprint density at radius 3 is 2.29 bits per heavy atom. The number of carbonyl (C=O) groups excluding carboxylic acids is 3. The van der Waals surface area contributed by atoms with E-state index in [4.69, 9.17) is 25.8 Å². The van der Waals surface area contributed by atoms with E-state index >= 15 is 0 Å². The predicted molar refractivity (Wildman–Crippen MR) is 251 cm³/mol. The normalized spacial score (nSPS) is 18.1. The second-order valence-corrected chi connectivity index (χ2v) is 19.4. The number of aliphatic hydroxyl groups is 1. The zero-order valence-corrected chi connectivity index (χ0v) is 38.8. The minimum Gasteiger partial charge on any atom is -0.508 e. The Morgan fingerprint density at radius 2 is 1.60 bits per heavy atom. The fourth-order valence-electron chi connectivity index (χ4n) is 8.42. The van der Waals surface area contributed by atoms with Crippen LogP contribution < -0.4 is 15.4 Å². The first-order valence-corrected chi connectivity index (χ1v) is 23.3. The number of phenolic OH excluding ortho intramolecular Hbond substituents is 1. The Morgan fingerprint density at radius 1 is 0.908 bits per heavy atom. The van der Waals surface area contributed by atoms with Crippen molar-refractivity contribution in [3.8, 4) is 27.7 Å². The number of ether oxygens (including phenoxy) is 3. The van der Waals surface area contributed by atoms with Gasteiger partial charge in [-0.3, -0.25) is 14.4 Å². The third kappa shape index (κ3) is 12.4. The van der Waals surface area contributed by atoms with Gasteiger partial charge in [-0.05, 0) is 115 Å². The summed E-state index contributed by atoms with van der Waals surface area (Å²) in [5.74, 6) is 0.377. The molecule has 2 fully saturated rings. The molecule has 2 aliphatic rings. The molecule has 4 N–H and O–H groups in total. The Hall–Kier alpha value is -5.09. The summed E-state index contributed by atoms with van der Waals surface area (Å²) in [7, 11) is 0. The molecule has 1 aromatic heterocycles. The van der Waals surface area contributed by atoms with Crippen LogP contribution in [-0.4, -0.2) is 109 Å². The van der Waals surface area contributed by atoms with Crippen LogP contribution in [0.5, 0.6) is 17.2 Å². The van der Waals surface area contributed by atoms with E-state index in [1.807, 2.05) is 58.0 Å². The van der Waals surface area contributed by atoms with Crippen molar-refractivity contribution in [2.45, 2.75) is 77.1 Å². The zero-order chi connectivity index (χ0) is 46.3. The molecule has 346 valence electrons. The highest BCUT2D eigenvalue weighted by atomic mass is 35.5. The molecule has 2 saturated heterocycles. The van der Waals surface area contributed by atoms with Gasteiger partial charge in [-0.1, -0.05) is 68.8 Å². The summed E-state index contributed by atoms with van der Waals surface area (Å²) in [6.07, 6.45) is 1.25. The number of amides is 3. The molecule has 12 nitrogen and oxygen atoms in total. The zero-order valence-electron chi connectivity index (χ0n) is 37.2. The van der Waals surface area contributed by atoms with E-state index in [1.54, 1.807) is 36.4 Å². The molecule has 4 aromatic carbocycles. The van der Waals surface area contributed by atoms with Gasteiger partial charge in [-0.15, -0.1) is 11.3 Å². The van der Waals surface area contributed by atoms with Crippen LogP contribution in [0.3, 0.4) is 0 Å². The third-order valence-corrected chi connectivity index (χ3v) is 13.5. The van der Waals surface area contributed by atoms with Crippen LogP contribution in [-0.2, 0) is 23.9 Å². The lowest BCUT2D eigenvalue weighted by Gasteiger charge is -2.35. The second-order valence-electron chi connectivity index (χ2n) is 17.9. The molecule has 3 amide bonds. The highest BCUT2D eigenvalue weighted by Gasteiger charge is 2.44. The largest absolute Gasteiger partial charge is 0.508 e. The Kier molecular flexibility index (Phi) is 15.8. The van der Waals surface area contributed by atoms with Crippen molar-refractivity contribution in [2.24, 2.45) is 5.41 Å². The molecule has 4 atom stereocenters. The van der Waals surface area contributed by atoms with Crippen LogP contribution in [0.1, 0.15) is 70.0 Å². The molecule has 0 bridgehead atoms. The Bertz CT molecular complexity index is 2400. The van der Waals surface area contributed by atoms with Crippen molar-refractivity contribution in [3.63, 3.8) is 0 Å². The maximum absolute atomic E-state index is 13.9. The monoisotopic (exact) mass is 928 g/mol. The maximum atomic E-state index is 13.9. The van der Waals surface area contributed by atoms with Crippen molar-refractivity contribution < 1.29 is 43.2 Å². The minimum absolute atomic E-state index is 0.0169. The number of β-amino-alcohol motifs (C(OH)–C–C–N with tert-alkyl or cyclic N) is 1. The molecule has 0 aliphatic carbocycles. The number of piperidine rings is 1. The Balaban J connectivity index is 0.808. The van der Waals surface area contributed by atoms with E-state index in [-0.39, 0.29) is 49.7 Å². The molecule has 2 aliphatic heterocycles. The Labute approximate surface area is 388 Å². The summed E-state index contributed by atoms with van der Waals surface area (Å²) in [6.45, 7) is 10.8. The van der Waals surface area contributed by atoms with Crippen molar-refractivity contribution >= 4 is 50.7 Å². The first-order chi connectivity index (χ1) is 31.1. The number of rotatable bonds is 17. The van der Waals surface area contributed by atoms with Gasteiger partial charge in [0.25, 0.3) is 0 Å². The number of hydrogen-bond donors (Lipinski definition) is 4. The average Bonchev–Trinajstić information content (AvgIpc) is 3.85. The molecule has 7 rings (SSSR count). The predicted octanol–water partition coefficient (Wildman–Crippen LogP) is 8.44. The van der Waals surface area contributed by atoms with Crippen LogP contribution in [0.15, 0.2) is 91.0 Å². The summed E-state index contributed by atoms with van der Waals surface area (Å²) in [5.41, 5.74) is 2.25. The van der Waals surface area contributed by atoms with Crippen LogP contribution in [0.25, 0.3) is 20.5 Å². The number of hydrogen-bond acceptors (Lipinski definition) is 10. The van der Waals surface area contributed by atoms with Crippen LogP contribution >= 0.6 is 22.9 Å². The number of aliphatic hydroxyl groups excluding tert-OH is 1. The lowest BCUT2D eigenvalue weighted by atomic mass is 9.85. The topological polar surface area (TPSA) is 150 Å². The molecule has 0 radical (unpaired) electrons. The van der Waals surface area contributed by atoms with Crippen LogP contribution in [0, 0.1) is 11.2 Å². The number of nitrogens with zero attached hydrogens (tertiary/aromatic N) is 2. The molecular weight excluding hydrogens is 871 g/mol. The molecule has 65 heavy (non-hydrogen) atoms. The summed E-state index contributed by atoms with van der Waals surface area (Å²) < 4.78 is 32.5. The van der Waals surface area contributed by atoms with Gasteiger partial charge in [-0.2, -0.15) is 0 Å². The summed E-state index contributed by atoms with van der Waals surface area (Å²) in [6, 6.07) is 24.7. The van der Waals surface area contributed by atoms with Gasteiger partial charge in [0.1, 0.15) is 36.0 Å². The number of nitrogens with one attached hydrogen (secondary N) is 2. The summed E-state index contributed by atoms with van der Waals surface area (Å²) in [4.78, 5) is 45.0. The number of likely N-dealkylation sites (tertiary alicyclic amines) is 2. The molecule has 5 aromatic rings. The van der Waals surface area contributed by atoms with E-state index in [0.717, 1.165) is 58.6 Å². The highest BCUT2D eigenvalue weighted by molar-refractivity contribution is 7.22. The fraction of sp³-hybridized carbons (Fsp3) is 0.420.